The van der Waals surface area contributed by atoms with Crippen LogP contribution >= 0.6 is 23.5 Å². The van der Waals surface area contributed by atoms with Crippen molar-refractivity contribution in [1.29, 1.82) is 0 Å². The van der Waals surface area contributed by atoms with Crippen molar-refractivity contribution in [2.45, 2.75) is 24.9 Å². The van der Waals surface area contributed by atoms with Crippen molar-refractivity contribution >= 4 is 47.3 Å². The van der Waals surface area contributed by atoms with E-state index in [1.165, 1.54) is 35.7 Å². The van der Waals surface area contributed by atoms with E-state index in [0.29, 0.717) is 22.6 Å². The molecule has 182 valence electrons. The van der Waals surface area contributed by atoms with Crippen LogP contribution in [0.1, 0.15) is 33.6 Å². The Morgan fingerprint density at radius 1 is 0.912 bits per heavy atom. The highest BCUT2D eigenvalue weighted by Crippen LogP contribution is 2.26. The first-order valence-electron chi connectivity index (χ1n) is 10.5. The van der Waals surface area contributed by atoms with E-state index in [1.54, 1.807) is 30.3 Å². The molecule has 4 N–H and O–H groups in total. The van der Waals surface area contributed by atoms with Crippen LogP contribution in [0.25, 0.3) is 11.1 Å². The van der Waals surface area contributed by atoms with Crippen molar-refractivity contribution in [2.75, 3.05) is 24.0 Å². The zero-order valence-electron chi connectivity index (χ0n) is 18.9. The lowest BCUT2D eigenvalue weighted by Crippen LogP contribution is -2.41. The Morgan fingerprint density at radius 2 is 1.62 bits per heavy atom. The van der Waals surface area contributed by atoms with Crippen LogP contribution in [0.5, 0.6) is 0 Å². The molecule has 0 bridgehead atoms. The van der Waals surface area contributed by atoms with Crippen molar-refractivity contribution in [3.8, 4) is 11.1 Å². The number of aliphatic carboxylic acids is 2. The highest BCUT2D eigenvalue weighted by Gasteiger charge is 2.23. The standard InChI is InChI=1S/C24H28N2O6S2/c1-33-11-10-20(24(31)32)26-23(30)18-9-8-16(12-19(18)15-6-4-3-5-7-15)22(29)25-17(14-34-2)13-21(27)28/h3-9,12,17,20H,10-11,13-14H2,1-2H3,(H,25,29)(H,26,30)(H,27,28)(H,31,32)/t17?,20-/m0/s1. The van der Waals surface area contributed by atoms with E-state index in [-0.39, 0.29) is 24.0 Å². The third-order valence-electron chi connectivity index (χ3n) is 4.95. The molecule has 0 aliphatic carbocycles. The van der Waals surface area contributed by atoms with Gasteiger partial charge in [-0.2, -0.15) is 23.5 Å². The minimum Gasteiger partial charge on any atom is -0.481 e. The van der Waals surface area contributed by atoms with Gasteiger partial charge in [-0.1, -0.05) is 30.3 Å². The number of amides is 2. The number of hydrogen-bond acceptors (Lipinski definition) is 6. The third kappa shape index (κ3) is 8.11. The summed E-state index contributed by atoms with van der Waals surface area (Å²) in [6.45, 7) is 0. The SMILES string of the molecule is CSCC[C@H](NC(=O)c1ccc(C(=O)NC(CSC)CC(=O)O)cc1-c1ccccc1)C(=O)O. The van der Waals surface area contributed by atoms with Gasteiger partial charge in [-0.25, -0.2) is 4.79 Å². The van der Waals surface area contributed by atoms with E-state index in [1.807, 2.05) is 18.6 Å². The Labute approximate surface area is 206 Å². The van der Waals surface area contributed by atoms with Crippen molar-refractivity contribution in [3.05, 3.63) is 59.7 Å². The van der Waals surface area contributed by atoms with Crippen LogP contribution in [0.2, 0.25) is 0 Å². The van der Waals surface area contributed by atoms with Gasteiger partial charge in [-0.3, -0.25) is 14.4 Å². The van der Waals surface area contributed by atoms with Gasteiger partial charge in [0.2, 0.25) is 0 Å². The van der Waals surface area contributed by atoms with Gasteiger partial charge in [0.05, 0.1) is 6.42 Å². The number of hydrogen-bond donors (Lipinski definition) is 4. The molecule has 2 aromatic rings. The molecule has 2 aromatic carbocycles. The van der Waals surface area contributed by atoms with Gasteiger partial charge in [0.25, 0.3) is 11.8 Å². The van der Waals surface area contributed by atoms with Crippen LogP contribution in [0.4, 0.5) is 0 Å². The van der Waals surface area contributed by atoms with Gasteiger partial charge in [-0.15, -0.1) is 0 Å². The van der Waals surface area contributed by atoms with Crippen molar-refractivity contribution in [2.24, 2.45) is 0 Å². The fourth-order valence-electron chi connectivity index (χ4n) is 3.30. The van der Waals surface area contributed by atoms with E-state index in [4.69, 9.17) is 5.11 Å². The molecule has 0 fully saturated rings. The Balaban J connectivity index is 2.38. The molecular formula is C24H28N2O6S2. The number of carbonyl (C=O) groups excluding carboxylic acids is 2. The molecule has 0 heterocycles. The molecule has 0 saturated heterocycles. The molecule has 2 amide bonds. The summed E-state index contributed by atoms with van der Waals surface area (Å²) in [4.78, 5) is 48.6. The maximum Gasteiger partial charge on any atom is 0.326 e. The molecule has 34 heavy (non-hydrogen) atoms. The molecule has 0 saturated carbocycles. The van der Waals surface area contributed by atoms with Crippen LogP contribution < -0.4 is 10.6 Å². The van der Waals surface area contributed by atoms with Crippen molar-refractivity contribution in [3.63, 3.8) is 0 Å². The lowest BCUT2D eigenvalue weighted by Gasteiger charge is -2.18. The lowest BCUT2D eigenvalue weighted by molar-refractivity contribution is -0.139. The summed E-state index contributed by atoms with van der Waals surface area (Å²) >= 11 is 2.92. The molecule has 2 atom stereocenters. The zero-order chi connectivity index (χ0) is 25.1. The monoisotopic (exact) mass is 504 g/mol. The summed E-state index contributed by atoms with van der Waals surface area (Å²) in [5.74, 6) is -2.10. The number of benzene rings is 2. The summed E-state index contributed by atoms with van der Waals surface area (Å²) in [6, 6.07) is 11.9. The Morgan fingerprint density at radius 3 is 2.21 bits per heavy atom. The first-order chi connectivity index (χ1) is 16.3. The predicted molar refractivity (Wildman–Crippen MR) is 136 cm³/mol. The van der Waals surface area contributed by atoms with Gasteiger partial charge in [0.15, 0.2) is 0 Å². The zero-order valence-corrected chi connectivity index (χ0v) is 20.6. The molecule has 0 aliphatic heterocycles. The molecule has 10 heteroatoms. The number of thioether (sulfide) groups is 2. The summed E-state index contributed by atoms with van der Waals surface area (Å²) in [6.07, 6.45) is 3.76. The van der Waals surface area contributed by atoms with E-state index in [0.717, 1.165) is 0 Å². The largest absolute Gasteiger partial charge is 0.481 e. The predicted octanol–water partition coefficient (Wildman–Crippen LogP) is 3.23. The molecule has 0 aliphatic rings. The van der Waals surface area contributed by atoms with E-state index < -0.39 is 35.8 Å². The summed E-state index contributed by atoms with van der Waals surface area (Å²) in [5, 5.41) is 23.9. The normalized spacial score (nSPS) is 12.4. The van der Waals surface area contributed by atoms with Crippen LogP contribution in [0.3, 0.4) is 0 Å². The van der Waals surface area contributed by atoms with Gasteiger partial charge >= 0.3 is 11.9 Å². The lowest BCUT2D eigenvalue weighted by atomic mass is 9.96. The number of carboxylic acid groups (broad SMARTS) is 2. The Hall–Kier alpha value is -2.98. The number of carbonyl (C=O) groups is 4. The first-order valence-corrected chi connectivity index (χ1v) is 13.3. The maximum atomic E-state index is 13.0. The first kappa shape index (κ1) is 27.3. The molecule has 2 rings (SSSR count). The van der Waals surface area contributed by atoms with Gasteiger partial charge in [-0.05, 0) is 54.0 Å². The van der Waals surface area contributed by atoms with Crippen LogP contribution in [-0.2, 0) is 9.59 Å². The van der Waals surface area contributed by atoms with E-state index >= 15 is 0 Å². The number of carboxylic acids is 2. The van der Waals surface area contributed by atoms with Gasteiger partial charge in [0, 0.05) is 22.9 Å². The highest BCUT2D eigenvalue weighted by molar-refractivity contribution is 7.98. The van der Waals surface area contributed by atoms with Crippen LogP contribution in [-0.4, -0.2) is 70.1 Å². The Bertz CT molecular complexity index is 1020. The van der Waals surface area contributed by atoms with Crippen molar-refractivity contribution < 1.29 is 29.4 Å². The number of nitrogens with one attached hydrogen (secondary N) is 2. The highest BCUT2D eigenvalue weighted by atomic mass is 32.2. The second kappa shape index (κ2) is 13.7. The molecule has 0 spiro atoms. The fraction of sp³-hybridized carbons (Fsp3) is 0.333. The molecule has 0 radical (unpaired) electrons. The smallest absolute Gasteiger partial charge is 0.326 e. The van der Waals surface area contributed by atoms with Gasteiger partial charge in [0.1, 0.15) is 6.04 Å². The fourth-order valence-corrected chi connectivity index (χ4v) is 4.38. The molecular weight excluding hydrogens is 476 g/mol. The summed E-state index contributed by atoms with van der Waals surface area (Å²) in [5.41, 5.74) is 1.66. The maximum absolute atomic E-state index is 13.0. The van der Waals surface area contributed by atoms with Gasteiger partial charge < -0.3 is 20.8 Å². The van der Waals surface area contributed by atoms with Crippen molar-refractivity contribution in [1.82, 2.24) is 10.6 Å². The molecule has 1 unspecified atom stereocenters. The minimum atomic E-state index is -1.11. The number of rotatable bonds is 13. The molecule has 0 aromatic heterocycles. The third-order valence-corrected chi connectivity index (χ3v) is 6.33. The minimum absolute atomic E-state index is 0.203. The summed E-state index contributed by atoms with van der Waals surface area (Å²) < 4.78 is 0. The van der Waals surface area contributed by atoms with E-state index in [9.17, 15) is 24.3 Å². The summed E-state index contributed by atoms with van der Waals surface area (Å²) in [7, 11) is 0. The average Bonchev–Trinajstić information content (AvgIpc) is 2.81. The average molecular weight is 505 g/mol. The van der Waals surface area contributed by atoms with E-state index in [2.05, 4.69) is 10.6 Å². The second-order valence-electron chi connectivity index (χ2n) is 7.50. The Kier molecular flexibility index (Phi) is 11.0. The second-order valence-corrected chi connectivity index (χ2v) is 9.39. The van der Waals surface area contributed by atoms with Crippen LogP contribution in [0.15, 0.2) is 48.5 Å². The molecule has 8 nitrogen and oxygen atoms in total. The van der Waals surface area contributed by atoms with Crippen LogP contribution in [0, 0.1) is 0 Å². The quantitative estimate of drug-likeness (QED) is 0.327. The topological polar surface area (TPSA) is 133 Å².